The molecule has 4 rings (SSSR count). The van der Waals surface area contributed by atoms with Gasteiger partial charge in [0.2, 0.25) is 5.91 Å². The van der Waals surface area contributed by atoms with Crippen molar-refractivity contribution in [2.45, 2.75) is 12.8 Å². The summed E-state index contributed by atoms with van der Waals surface area (Å²) in [5.41, 5.74) is 7.96. The van der Waals surface area contributed by atoms with E-state index in [9.17, 15) is 9.59 Å². The zero-order valence-corrected chi connectivity index (χ0v) is 15.3. The summed E-state index contributed by atoms with van der Waals surface area (Å²) in [5.74, 6) is -0.473. The van der Waals surface area contributed by atoms with Gasteiger partial charge < -0.3 is 15.2 Å². The molecule has 0 radical (unpaired) electrons. The number of hydrogen-bond donors (Lipinski definition) is 1. The molecule has 134 valence electrons. The summed E-state index contributed by atoms with van der Waals surface area (Å²) >= 11 is 1.48. The summed E-state index contributed by atoms with van der Waals surface area (Å²) in [6.07, 6.45) is 1.25. The molecule has 0 atom stereocenters. The Hall–Kier alpha value is -2.67. The Balaban J connectivity index is 1.55. The summed E-state index contributed by atoms with van der Waals surface area (Å²) in [7, 11) is 2.01. The highest BCUT2D eigenvalue weighted by Gasteiger charge is 2.27. The number of primary amides is 1. The third-order valence-corrected chi connectivity index (χ3v) is 5.94. The summed E-state index contributed by atoms with van der Waals surface area (Å²) < 4.78 is 2.10. The number of carbonyl (C=O) groups excluding carboxylic acids is 2. The van der Waals surface area contributed by atoms with E-state index in [1.807, 2.05) is 24.6 Å². The molecule has 1 aliphatic heterocycles. The lowest BCUT2D eigenvalue weighted by Gasteiger charge is -2.30. The largest absolute Gasteiger partial charge is 0.369 e. The predicted octanol–water partition coefficient (Wildman–Crippen LogP) is 2.64. The van der Waals surface area contributed by atoms with Crippen molar-refractivity contribution in [2.24, 2.45) is 18.7 Å². The van der Waals surface area contributed by atoms with Crippen molar-refractivity contribution in [1.82, 2.24) is 14.5 Å². The molecular weight excluding hydrogens is 348 g/mol. The van der Waals surface area contributed by atoms with Crippen molar-refractivity contribution in [1.29, 1.82) is 0 Å². The molecule has 3 aromatic rings. The van der Waals surface area contributed by atoms with Crippen LogP contribution in [-0.2, 0) is 11.8 Å². The van der Waals surface area contributed by atoms with Crippen molar-refractivity contribution in [2.75, 3.05) is 13.1 Å². The standard InChI is InChI=1S/C19H20N4O2S/c1-22-15-5-3-2-4-13(15)10-16(22)18-21-14(11-26-18)19(25)23-8-6-12(7-9-23)17(20)24/h2-5,10-12H,6-9H2,1H3,(H2,20,24). The third-order valence-electron chi connectivity index (χ3n) is 5.08. The highest BCUT2D eigenvalue weighted by atomic mass is 32.1. The fourth-order valence-electron chi connectivity index (χ4n) is 3.51. The van der Waals surface area contributed by atoms with Gasteiger partial charge in [-0.15, -0.1) is 11.3 Å². The van der Waals surface area contributed by atoms with E-state index >= 15 is 0 Å². The molecular formula is C19H20N4O2S. The molecule has 2 N–H and O–H groups in total. The summed E-state index contributed by atoms with van der Waals surface area (Å²) in [6, 6.07) is 10.3. The number of benzene rings is 1. The van der Waals surface area contributed by atoms with Crippen LogP contribution in [0.15, 0.2) is 35.7 Å². The van der Waals surface area contributed by atoms with E-state index in [1.54, 1.807) is 4.90 Å². The van der Waals surface area contributed by atoms with E-state index in [2.05, 4.69) is 27.8 Å². The number of carbonyl (C=O) groups is 2. The molecule has 7 heteroatoms. The van der Waals surface area contributed by atoms with Crippen LogP contribution in [0.4, 0.5) is 0 Å². The van der Waals surface area contributed by atoms with Crippen LogP contribution in [-0.4, -0.2) is 39.4 Å². The Morgan fingerprint density at radius 2 is 1.96 bits per heavy atom. The first-order chi connectivity index (χ1) is 12.5. The maximum absolute atomic E-state index is 12.7. The molecule has 1 fully saturated rings. The van der Waals surface area contributed by atoms with Gasteiger partial charge in [0, 0.05) is 42.3 Å². The van der Waals surface area contributed by atoms with Crippen LogP contribution < -0.4 is 5.73 Å². The number of rotatable bonds is 3. The van der Waals surface area contributed by atoms with Gasteiger partial charge >= 0.3 is 0 Å². The Morgan fingerprint density at radius 3 is 2.65 bits per heavy atom. The second-order valence-corrected chi connectivity index (χ2v) is 7.51. The number of aryl methyl sites for hydroxylation is 1. The molecule has 2 aromatic heterocycles. The fourth-order valence-corrected chi connectivity index (χ4v) is 4.36. The molecule has 2 amide bonds. The number of para-hydroxylation sites is 1. The van der Waals surface area contributed by atoms with Gasteiger partial charge in [-0.25, -0.2) is 4.98 Å². The van der Waals surface area contributed by atoms with Crippen molar-refractivity contribution in [3.05, 3.63) is 41.4 Å². The maximum Gasteiger partial charge on any atom is 0.273 e. The molecule has 1 aromatic carbocycles. The number of nitrogens with two attached hydrogens (primary N) is 1. The van der Waals surface area contributed by atoms with Gasteiger partial charge in [0.25, 0.3) is 5.91 Å². The van der Waals surface area contributed by atoms with Gasteiger partial charge in [0.15, 0.2) is 0 Å². The van der Waals surface area contributed by atoms with Gasteiger partial charge in [-0.05, 0) is 25.0 Å². The van der Waals surface area contributed by atoms with Crippen LogP contribution in [0.3, 0.4) is 0 Å². The Bertz CT molecular complexity index is 983. The normalized spacial score (nSPS) is 15.5. The monoisotopic (exact) mass is 368 g/mol. The second-order valence-electron chi connectivity index (χ2n) is 6.65. The summed E-state index contributed by atoms with van der Waals surface area (Å²) in [4.78, 5) is 30.3. The van der Waals surface area contributed by atoms with E-state index in [4.69, 9.17) is 5.73 Å². The first-order valence-electron chi connectivity index (χ1n) is 8.63. The lowest BCUT2D eigenvalue weighted by Crippen LogP contribution is -2.41. The number of fused-ring (bicyclic) bond motifs is 1. The van der Waals surface area contributed by atoms with E-state index in [0.29, 0.717) is 31.6 Å². The molecule has 0 aliphatic carbocycles. The molecule has 26 heavy (non-hydrogen) atoms. The van der Waals surface area contributed by atoms with E-state index in [-0.39, 0.29) is 17.7 Å². The first kappa shape index (κ1) is 16.8. The smallest absolute Gasteiger partial charge is 0.273 e. The molecule has 6 nitrogen and oxygen atoms in total. The van der Waals surface area contributed by atoms with E-state index in [1.165, 1.54) is 11.3 Å². The number of amides is 2. The molecule has 1 aliphatic rings. The lowest BCUT2D eigenvalue weighted by molar-refractivity contribution is -0.123. The number of hydrogen-bond acceptors (Lipinski definition) is 4. The maximum atomic E-state index is 12.7. The van der Waals surface area contributed by atoms with Crippen LogP contribution in [0.1, 0.15) is 23.3 Å². The van der Waals surface area contributed by atoms with Gasteiger partial charge in [-0.1, -0.05) is 18.2 Å². The predicted molar refractivity (Wildman–Crippen MR) is 102 cm³/mol. The molecule has 0 unspecified atom stereocenters. The van der Waals surface area contributed by atoms with Gasteiger partial charge in [-0.3, -0.25) is 9.59 Å². The quantitative estimate of drug-likeness (QED) is 0.772. The van der Waals surface area contributed by atoms with Crippen molar-refractivity contribution in [3.63, 3.8) is 0 Å². The number of nitrogens with zero attached hydrogens (tertiary/aromatic N) is 3. The molecule has 0 saturated carbocycles. The average Bonchev–Trinajstić information content (AvgIpc) is 3.26. The van der Waals surface area contributed by atoms with Crippen LogP contribution >= 0.6 is 11.3 Å². The van der Waals surface area contributed by atoms with Crippen LogP contribution in [0, 0.1) is 5.92 Å². The van der Waals surface area contributed by atoms with Gasteiger partial charge in [0.05, 0.1) is 5.69 Å². The highest BCUT2D eigenvalue weighted by molar-refractivity contribution is 7.13. The minimum absolute atomic E-state index is 0.0748. The molecule has 0 spiro atoms. The average molecular weight is 368 g/mol. The summed E-state index contributed by atoms with van der Waals surface area (Å²) in [6.45, 7) is 1.10. The van der Waals surface area contributed by atoms with E-state index in [0.717, 1.165) is 21.6 Å². The van der Waals surface area contributed by atoms with Crippen LogP contribution in [0.2, 0.25) is 0 Å². The Kier molecular flexibility index (Phi) is 4.24. The third kappa shape index (κ3) is 2.88. The molecule has 3 heterocycles. The lowest BCUT2D eigenvalue weighted by atomic mass is 9.96. The van der Waals surface area contributed by atoms with Crippen molar-refractivity contribution in [3.8, 4) is 10.7 Å². The number of thiazole rings is 1. The highest BCUT2D eigenvalue weighted by Crippen LogP contribution is 2.30. The van der Waals surface area contributed by atoms with Crippen molar-refractivity contribution < 1.29 is 9.59 Å². The number of aromatic nitrogens is 2. The zero-order chi connectivity index (χ0) is 18.3. The number of likely N-dealkylation sites (tertiary alicyclic amines) is 1. The minimum Gasteiger partial charge on any atom is -0.369 e. The Morgan fingerprint density at radius 1 is 1.23 bits per heavy atom. The first-order valence-corrected chi connectivity index (χ1v) is 9.51. The zero-order valence-electron chi connectivity index (χ0n) is 14.5. The topological polar surface area (TPSA) is 81.2 Å². The Labute approximate surface area is 155 Å². The second kappa shape index (κ2) is 6.57. The van der Waals surface area contributed by atoms with Gasteiger partial charge in [0.1, 0.15) is 10.7 Å². The fraction of sp³-hybridized carbons (Fsp3) is 0.316. The molecule has 1 saturated heterocycles. The number of piperidine rings is 1. The minimum atomic E-state index is -0.274. The molecule has 0 bridgehead atoms. The van der Waals surface area contributed by atoms with Gasteiger partial charge in [-0.2, -0.15) is 0 Å². The SMILES string of the molecule is Cn1c(-c2nc(C(=O)N3CCC(C(N)=O)CC3)cs2)cc2ccccc21. The van der Waals surface area contributed by atoms with Crippen LogP contribution in [0.25, 0.3) is 21.6 Å². The summed E-state index contributed by atoms with van der Waals surface area (Å²) in [5, 5.41) is 3.80. The van der Waals surface area contributed by atoms with Crippen LogP contribution in [0.5, 0.6) is 0 Å². The van der Waals surface area contributed by atoms with E-state index < -0.39 is 0 Å². The van der Waals surface area contributed by atoms with Crippen molar-refractivity contribution >= 4 is 34.1 Å².